The molecule has 0 bridgehead atoms. The first kappa shape index (κ1) is 16.0. The molecule has 2 aliphatic heterocycles. The van der Waals surface area contributed by atoms with Gasteiger partial charge < -0.3 is 14.2 Å². The SMILES string of the molecule is O=C(OC1CCOC1)N1CCOCC1c1ncnn1-c1ccccc1. The topological polar surface area (TPSA) is 78.7 Å². The number of rotatable bonds is 3. The van der Waals surface area contributed by atoms with E-state index in [9.17, 15) is 4.79 Å². The van der Waals surface area contributed by atoms with Crippen LogP contribution in [0.5, 0.6) is 0 Å². The molecule has 2 aromatic rings. The lowest BCUT2D eigenvalue weighted by Gasteiger charge is -2.34. The van der Waals surface area contributed by atoms with Crippen molar-refractivity contribution in [3.63, 3.8) is 0 Å². The van der Waals surface area contributed by atoms with Gasteiger partial charge in [-0.15, -0.1) is 0 Å². The third-order valence-electron chi connectivity index (χ3n) is 4.39. The van der Waals surface area contributed by atoms with Crippen LogP contribution in [-0.2, 0) is 14.2 Å². The van der Waals surface area contributed by atoms with Crippen molar-refractivity contribution in [1.29, 1.82) is 0 Å². The van der Waals surface area contributed by atoms with Gasteiger partial charge in [-0.1, -0.05) is 18.2 Å². The average Bonchev–Trinajstić information content (AvgIpc) is 3.34. The number of nitrogens with zero attached hydrogens (tertiary/aromatic N) is 4. The summed E-state index contributed by atoms with van der Waals surface area (Å²) in [5, 5.41) is 4.31. The van der Waals surface area contributed by atoms with Crippen molar-refractivity contribution >= 4 is 6.09 Å². The number of benzene rings is 1. The van der Waals surface area contributed by atoms with Crippen molar-refractivity contribution in [3.8, 4) is 5.69 Å². The molecule has 2 aliphatic rings. The van der Waals surface area contributed by atoms with Crippen LogP contribution in [0.25, 0.3) is 5.69 Å². The molecule has 1 aromatic carbocycles. The third kappa shape index (κ3) is 3.35. The minimum Gasteiger partial charge on any atom is -0.444 e. The van der Waals surface area contributed by atoms with Gasteiger partial charge in [-0.2, -0.15) is 5.10 Å². The van der Waals surface area contributed by atoms with E-state index in [0.29, 0.717) is 38.8 Å². The van der Waals surface area contributed by atoms with Gasteiger partial charge in [0.2, 0.25) is 0 Å². The van der Waals surface area contributed by atoms with Crippen molar-refractivity contribution in [2.45, 2.75) is 18.6 Å². The average molecular weight is 344 g/mol. The van der Waals surface area contributed by atoms with Crippen molar-refractivity contribution in [2.24, 2.45) is 0 Å². The largest absolute Gasteiger partial charge is 0.444 e. The quantitative estimate of drug-likeness (QED) is 0.841. The Morgan fingerprint density at radius 3 is 2.80 bits per heavy atom. The molecule has 2 fully saturated rings. The van der Waals surface area contributed by atoms with E-state index >= 15 is 0 Å². The Hall–Kier alpha value is -2.45. The molecule has 0 saturated carbocycles. The summed E-state index contributed by atoms with van der Waals surface area (Å²) in [6, 6.07) is 9.36. The highest BCUT2D eigenvalue weighted by Crippen LogP contribution is 2.26. The van der Waals surface area contributed by atoms with Crippen LogP contribution >= 0.6 is 0 Å². The zero-order valence-corrected chi connectivity index (χ0v) is 13.8. The zero-order chi connectivity index (χ0) is 17.1. The van der Waals surface area contributed by atoms with E-state index in [-0.39, 0.29) is 18.2 Å². The van der Waals surface area contributed by atoms with E-state index in [4.69, 9.17) is 14.2 Å². The molecule has 0 aliphatic carbocycles. The first-order valence-electron chi connectivity index (χ1n) is 8.41. The molecular formula is C17H20N4O4. The monoisotopic (exact) mass is 344 g/mol. The molecule has 0 N–H and O–H groups in total. The Labute approximate surface area is 145 Å². The maximum absolute atomic E-state index is 12.6. The minimum absolute atomic E-state index is 0.178. The Morgan fingerprint density at radius 2 is 2.00 bits per heavy atom. The molecule has 3 heterocycles. The zero-order valence-electron chi connectivity index (χ0n) is 13.8. The fraction of sp³-hybridized carbons (Fsp3) is 0.471. The number of ether oxygens (including phenoxy) is 3. The highest BCUT2D eigenvalue weighted by atomic mass is 16.6. The van der Waals surface area contributed by atoms with Crippen LogP contribution in [0.2, 0.25) is 0 Å². The second-order valence-electron chi connectivity index (χ2n) is 6.02. The second-order valence-corrected chi connectivity index (χ2v) is 6.02. The lowest BCUT2D eigenvalue weighted by atomic mass is 10.2. The van der Waals surface area contributed by atoms with Crippen LogP contribution < -0.4 is 0 Å². The fourth-order valence-electron chi connectivity index (χ4n) is 3.10. The number of hydrogen-bond acceptors (Lipinski definition) is 6. The Balaban J connectivity index is 1.57. The normalized spacial score (nSPS) is 23.6. The van der Waals surface area contributed by atoms with E-state index in [1.54, 1.807) is 9.58 Å². The summed E-state index contributed by atoms with van der Waals surface area (Å²) in [7, 11) is 0. The van der Waals surface area contributed by atoms with Gasteiger partial charge in [-0.25, -0.2) is 14.5 Å². The number of aromatic nitrogens is 3. The van der Waals surface area contributed by atoms with E-state index in [0.717, 1.165) is 12.1 Å². The maximum Gasteiger partial charge on any atom is 0.410 e. The highest BCUT2D eigenvalue weighted by molar-refractivity contribution is 5.68. The lowest BCUT2D eigenvalue weighted by molar-refractivity contribution is -0.0235. The smallest absolute Gasteiger partial charge is 0.410 e. The highest BCUT2D eigenvalue weighted by Gasteiger charge is 2.35. The molecule has 2 unspecified atom stereocenters. The van der Waals surface area contributed by atoms with Crippen LogP contribution in [-0.4, -0.2) is 64.8 Å². The molecule has 132 valence electrons. The maximum atomic E-state index is 12.6. The molecular weight excluding hydrogens is 324 g/mol. The summed E-state index contributed by atoms with van der Waals surface area (Å²) in [5.41, 5.74) is 0.887. The van der Waals surface area contributed by atoms with Gasteiger partial charge in [0.25, 0.3) is 0 Å². The molecule has 2 saturated heterocycles. The van der Waals surface area contributed by atoms with Gasteiger partial charge >= 0.3 is 6.09 Å². The van der Waals surface area contributed by atoms with Crippen LogP contribution in [0.3, 0.4) is 0 Å². The molecule has 0 radical (unpaired) electrons. The van der Waals surface area contributed by atoms with Crippen molar-refractivity contribution < 1.29 is 19.0 Å². The molecule has 25 heavy (non-hydrogen) atoms. The summed E-state index contributed by atoms with van der Waals surface area (Å²) >= 11 is 0. The Morgan fingerprint density at radius 1 is 1.16 bits per heavy atom. The fourth-order valence-corrected chi connectivity index (χ4v) is 3.10. The van der Waals surface area contributed by atoms with Gasteiger partial charge in [-0.3, -0.25) is 4.90 Å². The molecule has 4 rings (SSSR count). The minimum atomic E-state index is -0.355. The van der Waals surface area contributed by atoms with E-state index in [1.165, 1.54) is 6.33 Å². The molecule has 1 amide bonds. The van der Waals surface area contributed by atoms with Gasteiger partial charge in [0.05, 0.1) is 32.1 Å². The van der Waals surface area contributed by atoms with E-state index < -0.39 is 0 Å². The summed E-state index contributed by atoms with van der Waals surface area (Å²) in [6.07, 6.45) is 1.70. The van der Waals surface area contributed by atoms with Gasteiger partial charge in [-0.05, 0) is 12.1 Å². The number of carbonyl (C=O) groups is 1. The molecule has 8 heteroatoms. The first-order valence-corrected chi connectivity index (χ1v) is 8.41. The van der Waals surface area contributed by atoms with Gasteiger partial charge in [0, 0.05) is 13.0 Å². The first-order chi connectivity index (χ1) is 12.3. The number of para-hydroxylation sites is 1. The lowest BCUT2D eigenvalue weighted by Crippen LogP contribution is -2.45. The predicted octanol–water partition coefficient (Wildman–Crippen LogP) is 1.57. The molecule has 8 nitrogen and oxygen atoms in total. The van der Waals surface area contributed by atoms with E-state index in [2.05, 4.69) is 10.1 Å². The summed E-state index contributed by atoms with van der Waals surface area (Å²) in [5.74, 6) is 0.658. The number of carbonyl (C=O) groups excluding carboxylic acids is 1. The summed E-state index contributed by atoms with van der Waals surface area (Å²) in [4.78, 5) is 18.7. The third-order valence-corrected chi connectivity index (χ3v) is 4.39. The van der Waals surface area contributed by atoms with E-state index in [1.807, 2.05) is 30.3 Å². The van der Waals surface area contributed by atoms with Gasteiger partial charge in [0.15, 0.2) is 5.82 Å². The van der Waals surface area contributed by atoms with Crippen molar-refractivity contribution in [1.82, 2.24) is 19.7 Å². The van der Waals surface area contributed by atoms with Crippen molar-refractivity contribution in [3.05, 3.63) is 42.5 Å². The number of morpholine rings is 1. The van der Waals surface area contributed by atoms with Crippen LogP contribution in [0.15, 0.2) is 36.7 Å². The summed E-state index contributed by atoms with van der Waals surface area (Å²) in [6.45, 7) is 2.39. The number of hydrogen-bond donors (Lipinski definition) is 0. The summed E-state index contributed by atoms with van der Waals surface area (Å²) < 4.78 is 18.2. The Bertz CT molecular complexity index is 714. The van der Waals surface area contributed by atoms with Crippen LogP contribution in [0, 0.1) is 0 Å². The van der Waals surface area contributed by atoms with Crippen molar-refractivity contribution in [2.75, 3.05) is 33.0 Å². The molecule has 1 aromatic heterocycles. The predicted molar refractivity (Wildman–Crippen MR) is 87.3 cm³/mol. The molecule has 2 atom stereocenters. The molecule has 0 spiro atoms. The number of amides is 1. The second kappa shape index (κ2) is 7.20. The van der Waals surface area contributed by atoms with Crippen LogP contribution in [0.1, 0.15) is 18.3 Å². The Kier molecular flexibility index (Phi) is 4.62. The van der Waals surface area contributed by atoms with Gasteiger partial charge in [0.1, 0.15) is 18.5 Å². The standard InChI is InChI=1S/C17H20N4O4/c22-17(25-14-6-8-23-10-14)20-7-9-24-11-15(20)16-18-12-19-21(16)13-4-2-1-3-5-13/h1-5,12,14-15H,6-11H2. The van der Waals surface area contributed by atoms with Crippen LogP contribution in [0.4, 0.5) is 4.79 Å².